The lowest BCUT2D eigenvalue weighted by Crippen LogP contribution is -2.51. The van der Waals surface area contributed by atoms with Gasteiger partial charge in [0.15, 0.2) is 0 Å². The lowest BCUT2D eigenvalue weighted by atomic mass is 10.1. The van der Waals surface area contributed by atoms with Crippen molar-refractivity contribution in [1.29, 1.82) is 0 Å². The first kappa shape index (κ1) is 22.2. The van der Waals surface area contributed by atoms with Gasteiger partial charge in [-0.2, -0.15) is 0 Å². The third-order valence-corrected chi connectivity index (χ3v) is 5.71. The Labute approximate surface area is 193 Å². The fourth-order valence-electron chi connectivity index (χ4n) is 3.85. The van der Waals surface area contributed by atoms with Crippen LogP contribution in [0.25, 0.3) is 0 Å². The number of aryl methyl sites for hydroxylation is 1. The van der Waals surface area contributed by atoms with Crippen molar-refractivity contribution in [3.8, 4) is 5.75 Å². The van der Waals surface area contributed by atoms with Gasteiger partial charge in [0, 0.05) is 49.7 Å². The second-order valence-corrected chi connectivity index (χ2v) is 8.17. The number of hydrogen-bond acceptors (Lipinski definition) is 4. The van der Waals surface area contributed by atoms with Crippen molar-refractivity contribution in [3.05, 3.63) is 89.5 Å². The summed E-state index contributed by atoms with van der Waals surface area (Å²) in [4.78, 5) is 29.0. The molecule has 0 radical (unpaired) electrons. The molecule has 0 saturated carbocycles. The first-order chi connectivity index (χ1) is 16.0. The maximum Gasteiger partial charge on any atom is 0.317 e. The number of phenols is 1. The molecule has 3 N–H and O–H groups in total. The highest BCUT2D eigenvalue weighted by molar-refractivity contribution is 6.04. The van der Waals surface area contributed by atoms with Crippen LogP contribution in [0.1, 0.15) is 21.5 Å². The molecule has 1 aliphatic heterocycles. The fourth-order valence-corrected chi connectivity index (χ4v) is 3.85. The molecule has 1 fully saturated rings. The van der Waals surface area contributed by atoms with E-state index in [2.05, 4.69) is 21.6 Å². The Morgan fingerprint density at radius 3 is 2.27 bits per heavy atom. The number of carbonyl (C=O) groups is 2. The third-order valence-electron chi connectivity index (χ3n) is 5.71. The van der Waals surface area contributed by atoms with Crippen LogP contribution in [0.2, 0.25) is 0 Å². The number of phenolic OH excluding ortho intramolecular Hbond substituents is 1. The van der Waals surface area contributed by atoms with Gasteiger partial charge in [0.1, 0.15) is 5.75 Å². The number of rotatable bonds is 5. The number of amides is 3. The third kappa shape index (κ3) is 5.83. The summed E-state index contributed by atoms with van der Waals surface area (Å²) in [5, 5.41) is 15.2. The summed E-state index contributed by atoms with van der Waals surface area (Å²) in [6, 6.07) is 21.9. The second kappa shape index (κ2) is 10.1. The zero-order chi connectivity index (χ0) is 23.2. The average Bonchev–Trinajstić information content (AvgIpc) is 2.84. The molecule has 1 aliphatic rings. The van der Waals surface area contributed by atoms with Crippen molar-refractivity contribution in [2.45, 2.75) is 13.5 Å². The van der Waals surface area contributed by atoms with Gasteiger partial charge >= 0.3 is 6.03 Å². The Kier molecular flexibility index (Phi) is 6.78. The predicted molar refractivity (Wildman–Crippen MR) is 130 cm³/mol. The lowest BCUT2D eigenvalue weighted by molar-refractivity contribution is 0.102. The SMILES string of the molecule is Cc1cccc(CNC(=O)N2CCN(c3ccc(C(=O)Nc4ccc(O)cc4)cc3)CC2)c1. The molecule has 0 unspecified atom stereocenters. The summed E-state index contributed by atoms with van der Waals surface area (Å²) in [6.45, 7) is 5.31. The molecule has 1 heterocycles. The number of aromatic hydroxyl groups is 1. The smallest absolute Gasteiger partial charge is 0.317 e. The van der Waals surface area contributed by atoms with E-state index >= 15 is 0 Å². The number of anilines is 2. The van der Waals surface area contributed by atoms with E-state index in [4.69, 9.17) is 0 Å². The van der Waals surface area contributed by atoms with Crippen molar-refractivity contribution in [3.63, 3.8) is 0 Å². The number of piperazine rings is 1. The van der Waals surface area contributed by atoms with Crippen molar-refractivity contribution in [2.24, 2.45) is 0 Å². The topological polar surface area (TPSA) is 84.9 Å². The molecule has 0 spiro atoms. The second-order valence-electron chi connectivity index (χ2n) is 8.17. The van der Waals surface area contributed by atoms with E-state index in [1.807, 2.05) is 42.2 Å². The van der Waals surface area contributed by atoms with Gasteiger partial charge in [-0.05, 0) is 61.0 Å². The van der Waals surface area contributed by atoms with E-state index in [0.717, 1.165) is 24.3 Å². The molecule has 1 saturated heterocycles. The van der Waals surface area contributed by atoms with Crippen LogP contribution in [0.15, 0.2) is 72.8 Å². The molecule has 0 bridgehead atoms. The van der Waals surface area contributed by atoms with Crippen LogP contribution in [0, 0.1) is 6.92 Å². The number of nitrogens with zero attached hydrogens (tertiary/aromatic N) is 2. The summed E-state index contributed by atoms with van der Waals surface area (Å²) in [6.07, 6.45) is 0. The van der Waals surface area contributed by atoms with Gasteiger partial charge in [0.2, 0.25) is 0 Å². The minimum Gasteiger partial charge on any atom is -0.508 e. The van der Waals surface area contributed by atoms with Crippen LogP contribution in [0.5, 0.6) is 5.75 Å². The van der Waals surface area contributed by atoms with Gasteiger partial charge in [-0.3, -0.25) is 4.79 Å². The van der Waals surface area contributed by atoms with Gasteiger partial charge in [-0.15, -0.1) is 0 Å². The Morgan fingerprint density at radius 1 is 0.909 bits per heavy atom. The highest BCUT2D eigenvalue weighted by Gasteiger charge is 2.21. The van der Waals surface area contributed by atoms with Crippen LogP contribution in [-0.2, 0) is 6.54 Å². The Balaban J connectivity index is 1.26. The van der Waals surface area contributed by atoms with Crippen molar-refractivity contribution < 1.29 is 14.7 Å². The number of carbonyl (C=O) groups excluding carboxylic acids is 2. The summed E-state index contributed by atoms with van der Waals surface area (Å²) < 4.78 is 0. The number of nitrogens with one attached hydrogen (secondary N) is 2. The highest BCUT2D eigenvalue weighted by atomic mass is 16.3. The largest absolute Gasteiger partial charge is 0.508 e. The normalized spacial score (nSPS) is 13.5. The Bertz CT molecular complexity index is 1110. The molecule has 0 aromatic heterocycles. The number of benzene rings is 3. The van der Waals surface area contributed by atoms with Crippen molar-refractivity contribution >= 4 is 23.3 Å². The van der Waals surface area contributed by atoms with E-state index < -0.39 is 0 Å². The molecule has 0 atom stereocenters. The Morgan fingerprint density at radius 2 is 1.61 bits per heavy atom. The molecule has 0 aliphatic carbocycles. The lowest BCUT2D eigenvalue weighted by Gasteiger charge is -2.36. The maximum absolute atomic E-state index is 12.5. The molecule has 170 valence electrons. The fraction of sp³-hybridized carbons (Fsp3) is 0.231. The number of hydrogen-bond donors (Lipinski definition) is 3. The van der Waals surface area contributed by atoms with E-state index in [-0.39, 0.29) is 17.7 Å². The van der Waals surface area contributed by atoms with Crippen molar-refractivity contribution in [2.75, 3.05) is 36.4 Å². The van der Waals surface area contributed by atoms with Crippen LogP contribution in [0.3, 0.4) is 0 Å². The minimum atomic E-state index is -0.206. The minimum absolute atomic E-state index is 0.0441. The zero-order valence-corrected chi connectivity index (χ0v) is 18.6. The van der Waals surface area contributed by atoms with Crippen LogP contribution in [-0.4, -0.2) is 48.1 Å². The predicted octanol–water partition coefficient (Wildman–Crippen LogP) is 3.98. The first-order valence-electron chi connectivity index (χ1n) is 11.0. The first-order valence-corrected chi connectivity index (χ1v) is 11.0. The van der Waals surface area contributed by atoms with Crippen LogP contribution in [0.4, 0.5) is 16.2 Å². The molecule has 7 nitrogen and oxygen atoms in total. The highest BCUT2D eigenvalue weighted by Crippen LogP contribution is 2.19. The number of urea groups is 1. The standard InChI is InChI=1S/C26H28N4O3/c1-19-3-2-4-20(17-19)18-27-26(33)30-15-13-29(14-16-30)23-9-5-21(6-10-23)25(32)28-22-7-11-24(31)12-8-22/h2-12,17,31H,13-16,18H2,1H3,(H,27,33)(H,28,32). The van der Waals surface area contributed by atoms with Crippen LogP contribution >= 0.6 is 0 Å². The maximum atomic E-state index is 12.5. The Hall–Kier alpha value is -4.00. The van der Waals surface area contributed by atoms with E-state index in [1.165, 1.54) is 17.7 Å². The summed E-state index contributed by atoms with van der Waals surface area (Å²) in [7, 11) is 0. The average molecular weight is 445 g/mol. The molecule has 7 heteroatoms. The molecule has 33 heavy (non-hydrogen) atoms. The van der Waals surface area contributed by atoms with Crippen LogP contribution < -0.4 is 15.5 Å². The van der Waals surface area contributed by atoms with E-state index in [1.54, 1.807) is 24.3 Å². The van der Waals surface area contributed by atoms with Gasteiger partial charge in [0.05, 0.1) is 0 Å². The van der Waals surface area contributed by atoms with E-state index in [9.17, 15) is 14.7 Å². The van der Waals surface area contributed by atoms with Gasteiger partial charge < -0.3 is 25.5 Å². The monoisotopic (exact) mass is 444 g/mol. The van der Waals surface area contributed by atoms with E-state index in [0.29, 0.717) is 30.9 Å². The van der Waals surface area contributed by atoms with Gasteiger partial charge in [-0.25, -0.2) is 4.79 Å². The summed E-state index contributed by atoms with van der Waals surface area (Å²) in [5.74, 6) is -0.0523. The zero-order valence-electron chi connectivity index (χ0n) is 18.6. The molecule has 3 aromatic carbocycles. The molecule has 3 aromatic rings. The van der Waals surface area contributed by atoms with Crippen molar-refractivity contribution in [1.82, 2.24) is 10.2 Å². The molecule has 3 amide bonds. The summed E-state index contributed by atoms with van der Waals surface area (Å²) in [5.41, 5.74) is 4.48. The molecule has 4 rings (SSSR count). The quantitative estimate of drug-likeness (QED) is 0.520. The van der Waals surface area contributed by atoms with Gasteiger partial charge in [0.25, 0.3) is 5.91 Å². The molecular formula is C26H28N4O3. The molecular weight excluding hydrogens is 416 g/mol. The summed E-state index contributed by atoms with van der Waals surface area (Å²) >= 11 is 0. The van der Waals surface area contributed by atoms with Gasteiger partial charge in [-0.1, -0.05) is 29.8 Å².